The van der Waals surface area contributed by atoms with Gasteiger partial charge in [0.05, 0.1) is 25.0 Å². The average Bonchev–Trinajstić information content (AvgIpc) is 3.11. The third kappa shape index (κ3) is 2.96. The lowest BCUT2D eigenvalue weighted by molar-refractivity contribution is 0.175. The van der Waals surface area contributed by atoms with Crippen LogP contribution in [0.4, 0.5) is 0 Å². The van der Waals surface area contributed by atoms with Crippen molar-refractivity contribution in [3.8, 4) is 5.75 Å². The van der Waals surface area contributed by atoms with Gasteiger partial charge in [0.1, 0.15) is 0 Å². The summed E-state index contributed by atoms with van der Waals surface area (Å²) in [7, 11) is 1.75. The summed E-state index contributed by atoms with van der Waals surface area (Å²) in [6, 6.07) is 0.676. The van der Waals surface area contributed by atoms with E-state index in [2.05, 4.69) is 42.8 Å². The van der Waals surface area contributed by atoms with Crippen LogP contribution in [0.2, 0.25) is 0 Å². The van der Waals surface area contributed by atoms with Crippen LogP contribution < -0.4 is 10.1 Å². The monoisotopic (exact) mass is 293 g/mol. The fraction of sp³-hybridized carbons (Fsp3) is 0.824. The zero-order valence-corrected chi connectivity index (χ0v) is 14.3. The van der Waals surface area contributed by atoms with Crippen molar-refractivity contribution < 1.29 is 4.74 Å². The Morgan fingerprint density at radius 1 is 1.33 bits per heavy atom. The summed E-state index contributed by atoms with van der Waals surface area (Å²) in [4.78, 5) is 0. The van der Waals surface area contributed by atoms with E-state index in [-0.39, 0.29) is 0 Å². The molecule has 1 atom stereocenters. The molecule has 0 saturated heterocycles. The van der Waals surface area contributed by atoms with Gasteiger partial charge in [-0.25, -0.2) is 0 Å². The molecule has 0 bridgehead atoms. The molecule has 4 nitrogen and oxygen atoms in total. The Labute approximate surface area is 129 Å². The fourth-order valence-electron chi connectivity index (χ4n) is 3.93. The standard InChI is InChI=1S/C17H31N3O/c1-6-17(10-8-9-11-17)16(18-7-2)15-14(21-5)12-19-20(15)13(3)4/h12-13,16,18H,6-11H2,1-5H3. The van der Waals surface area contributed by atoms with E-state index in [0.29, 0.717) is 17.5 Å². The summed E-state index contributed by atoms with van der Waals surface area (Å²) in [5.41, 5.74) is 1.58. The Balaban J connectivity index is 2.49. The van der Waals surface area contributed by atoms with E-state index >= 15 is 0 Å². The maximum atomic E-state index is 5.63. The third-order valence-electron chi connectivity index (χ3n) is 5.11. The molecule has 0 radical (unpaired) electrons. The first-order valence-corrected chi connectivity index (χ1v) is 8.44. The molecule has 4 heteroatoms. The molecule has 1 aromatic rings. The van der Waals surface area contributed by atoms with Gasteiger partial charge >= 0.3 is 0 Å². The molecule has 1 heterocycles. The molecule has 2 rings (SSSR count). The highest BCUT2D eigenvalue weighted by Crippen LogP contribution is 2.51. The van der Waals surface area contributed by atoms with Gasteiger partial charge in [0.15, 0.2) is 5.75 Å². The third-order valence-corrected chi connectivity index (χ3v) is 5.11. The first-order chi connectivity index (χ1) is 10.1. The van der Waals surface area contributed by atoms with Crippen LogP contribution in [0, 0.1) is 5.41 Å². The molecule has 1 aromatic heterocycles. The van der Waals surface area contributed by atoms with Crippen LogP contribution in [-0.4, -0.2) is 23.4 Å². The van der Waals surface area contributed by atoms with E-state index in [1.54, 1.807) is 7.11 Å². The summed E-state index contributed by atoms with van der Waals surface area (Å²) in [6.07, 6.45) is 8.36. The highest BCUT2D eigenvalue weighted by molar-refractivity contribution is 5.31. The largest absolute Gasteiger partial charge is 0.493 e. The Kier molecular flexibility index (Phi) is 5.31. The Morgan fingerprint density at radius 3 is 2.48 bits per heavy atom. The van der Waals surface area contributed by atoms with Gasteiger partial charge in [0, 0.05) is 6.04 Å². The number of ether oxygens (including phenoxy) is 1. The smallest absolute Gasteiger partial charge is 0.161 e. The number of rotatable bonds is 7. The Bertz CT molecular complexity index is 447. The van der Waals surface area contributed by atoms with Crippen molar-refractivity contribution in [2.24, 2.45) is 5.41 Å². The number of methoxy groups -OCH3 is 1. The molecule has 1 aliphatic rings. The number of hydrogen-bond acceptors (Lipinski definition) is 3. The van der Waals surface area contributed by atoms with Crippen LogP contribution in [0.3, 0.4) is 0 Å². The Hall–Kier alpha value is -1.03. The summed E-state index contributed by atoms with van der Waals surface area (Å²) in [5, 5.41) is 8.33. The van der Waals surface area contributed by atoms with Crippen LogP contribution in [0.25, 0.3) is 0 Å². The lowest BCUT2D eigenvalue weighted by Gasteiger charge is -2.38. The van der Waals surface area contributed by atoms with E-state index in [9.17, 15) is 0 Å². The van der Waals surface area contributed by atoms with Crippen molar-refractivity contribution in [1.82, 2.24) is 15.1 Å². The van der Waals surface area contributed by atoms with Gasteiger partial charge in [-0.05, 0) is 45.1 Å². The number of hydrogen-bond donors (Lipinski definition) is 1. The van der Waals surface area contributed by atoms with Gasteiger partial charge in [-0.2, -0.15) is 5.10 Å². The first kappa shape index (κ1) is 16.3. The second kappa shape index (κ2) is 6.82. The van der Waals surface area contributed by atoms with Crippen LogP contribution in [0.5, 0.6) is 5.75 Å². The summed E-state index contributed by atoms with van der Waals surface area (Å²) in [5.74, 6) is 0.925. The minimum absolute atomic E-state index is 0.329. The quantitative estimate of drug-likeness (QED) is 0.823. The van der Waals surface area contributed by atoms with E-state index in [0.717, 1.165) is 12.3 Å². The molecule has 1 fully saturated rings. The number of nitrogens with zero attached hydrogens (tertiary/aromatic N) is 2. The zero-order chi connectivity index (χ0) is 15.5. The molecule has 0 spiro atoms. The van der Waals surface area contributed by atoms with Crippen molar-refractivity contribution in [2.45, 2.75) is 71.9 Å². The molecule has 0 aromatic carbocycles. The SMILES string of the molecule is CCNC(c1c(OC)cnn1C(C)C)C1(CC)CCCC1. The summed E-state index contributed by atoms with van der Waals surface area (Å²) in [6.45, 7) is 9.86. The number of nitrogens with one attached hydrogen (secondary N) is 1. The van der Waals surface area contributed by atoms with Crippen molar-refractivity contribution in [3.63, 3.8) is 0 Å². The highest BCUT2D eigenvalue weighted by Gasteiger charge is 2.43. The number of aromatic nitrogens is 2. The van der Waals surface area contributed by atoms with Gasteiger partial charge in [0.2, 0.25) is 0 Å². The average molecular weight is 293 g/mol. The van der Waals surface area contributed by atoms with Gasteiger partial charge in [-0.15, -0.1) is 0 Å². The molecule has 1 N–H and O–H groups in total. The fourth-order valence-corrected chi connectivity index (χ4v) is 3.93. The second-order valence-corrected chi connectivity index (χ2v) is 6.55. The second-order valence-electron chi connectivity index (χ2n) is 6.55. The molecule has 21 heavy (non-hydrogen) atoms. The molecule has 0 amide bonds. The van der Waals surface area contributed by atoms with Crippen molar-refractivity contribution in [3.05, 3.63) is 11.9 Å². The zero-order valence-electron chi connectivity index (χ0n) is 14.3. The van der Waals surface area contributed by atoms with Crippen LogP contribution in [0.15, 0.2) is 6.20 Å². The van der Waals surface area contributed by atoms with Crippen molar-refractivity contribution >= 4 is 0 Å². The van der Waals surface area contributed by atoms with E-state index in [4.69, 9.17) is 4.74 Å². The molecule has 0 aliphatic heterocycles. The van der Waals surface area contributed by atoms with Crippen LogP contribution in [0.1, 0.15) is 77.6 Å². The molecule has 1 aliphatic carbocycles. The summed E-state index contributed by atoms with van der Waals surface area (Å²) >= 11 is 0. The maximum absolute atomic E-state index is 5.63. The molecule has 1 saturated carbocycles. The molecule has 120 valence electrons. The molecular formula is C17H31N3O. The van der Waals surface area contributed by atoms with Crippen molar-refractivity contribution in [2.75, 3.05) is 13.7 Å². The summed E-state index contributed by atoms with van der Waals surface area (Å²) < 4.78 is 7.77. The minimum Gasteiger partial charge on any atom is -0.493 e. The topological polar surface area (TPSA) is 39.1 Å². The maximum Gasteiger partial charge on any atom is 0.161 e. The predicted molar refractivity (Wildman–Crippen MR) is 86.8 cm³/mol. The lowest BCUT2D eigenvalue weighted by atomic mass is 9.74. The van der Waals surface area contributed by atoms with Gasteiger partial charge in [-0.1, -0.05) is 26.7 Å². The minimum atomic E-state index is 0.329. The lowest BCUT2D eigenvalue weighted by Crippen LogP contribution is -2.38. The van der Waals surface area contributed by atoms with Crippen LogP contribution in [-0.2, 0) is 0 Å². The van der Waals surface area contributed by atoms with Crippen molar-refractivity contribution in [1.29, 1.82) is 0 Å². The predicted octanol–water partition coefficient (Wildman–Crippen LogP) is 4.09. The van der Waals surface area contributed by atoms with Gasteiger partial charge < -0.3 is 10.1 Å². The van der Waals surface area contributed by atoms with Crippen LogP contribution >= 0.6 is 0 Å². The van der Waals surface area contributed by atoms with Gasteiger partial charge in [0.25, 0.3) is 0 Å². The van der Waals surface area contributed by atoms with E-state index < -0.39 is 0 Å². The molecule has 1 unspecified atom stereocenters. The van der Waals surface area contributed by atoms with Gasteiger partial charge in [-0.3, -0.25) is 4.68 Å². The first-order valence-electron chi connectivity index (χ1n) is 8.44. The van der Waals surface area contributed by atoms with E-state index in [1.165, 1.54) is 37.8 Å². The Morgan fingerprint density at radius 2 is 2.00 bits per heavy atom. The normalized spacial score (nSPS) is 19.1. The highest BCUT2D eigenvalue weighted by atomic mass is 16.5. The van der Waals surface area contributed by atoms with E-state index in [1.807, 2.05) is 6.20 Å². The molecular weight excluding hydrogens is 262 g/mol.